The summed E-state index contributed by atoms with van der Waals surface area (Å²) in [7, 11) is 0. The van der Waals surface area contributed by atoms with E-state index < -0.39 is 0 Å². The number of hydrogen-bond donors (Lipinski definition) is 0. The Balaban J connectivity index is 2.09. The zero-order chi connectivity index (χ0) is 19.7. The fourth-order valence-electron chi connectivity index (χ4n) is 2.95. The molecule has 0 bridgehead atoms. The lowest BCUT2D eigenvalue weighted by atomic mass is 10.0. The number of aryl methyl sites for hydroxylation is 1. The molecule has 136 valence electrons. The molecule has 0 amide bonds. The predicted molar refractivity (Wildman–Crippen MR) is 115 cm³/mol. The molecule has 1 heterocycles. The highest BCUT2D eigenvalue weighted by Gasteiger charge is 2.12. The second-order valence-electron chi connectivity index (χ2n) is 6.06. The van der Waals surface area contributed by atoms with Gasteiger partial charge in [0.15, 0.2) is 0 Å². The number of aromatic nitrogens is 1. The third-order valence-corrected chi connectivity index (χ3v) is 5.76. The molecule has 1 aromatic heterocycles. The fourth-order valence-corrected chi connectivity index (χ4v) is 3.54. The van der Waals surface area contributed by atoms with Gasteiger partial charge in [-0.3, -0.25) is 0 Å². The minimum Gasteiger partial charge on any atom is -0.318 e. The van der Waals surface area contributed by atoms with Crippen molar-refractivity contribution >= 4 is 58.1 Å². The van der Waals surface area contributed by atoms with E-state index in [9.17, 15) is 5.26 Å². The van der Waals surface area contributed by atoms with Crippen molar-refractivity contribution in [3.05, 3.63) is 85.1 Å². The molecule has 6 heteroatoms. The van der Waals surface area contributed by atoms with Crippen molar-refractivity contribution in [2.45, 2.75) is 13.8 Å². The van der Waals surface area contributed by atoms with Gasteiger partial charge in [0, 0.05) is 17.1 Å². The van der Waals surface area contributed by atoms with Crippen LogP contribution in [0.2, 0.25) is 20.1 Å². The van der Waals surface area contributed by atoms with E-state index in [0.717, 1.165) is 22.6 Å². The minimum atomic E-state index is 0.414. The lowest BCUT2D eigenvalue weighted by Gasteiger charge is -2.10. The van der Waals surface area contributed by atoms with Gasteiger partial charge in [-0.25, -0.2) is 0 Å². The Labute approximate surface area is 178 Å². The van der Waals surface area contributed by atoms with Crippen LogP contribution >= 0.6 is 46.4 Å². The van der Waals surface area contributed by atoms with Crippen molar-refractivity contribution in [1.29, 1.82) is 5.26 Å². The Hall–Kier alpha value is -1.89. The molecule has 27 heavy (non-hydrogen) atoms. The fraction of sp³-hybridized carbons (Fsp3) is 0.0952. The van der Waals surface area contributed by atoms with E-state index in [4.69, 9.17) is 46.4 Å². The summed E-state index contributed by atoms with van der Waals surface area (Å²) in [5.74, 6) is 0. The summed E-state index contributed by atoms with van der Waals surface area (Å²) in [6.07, 6.45) is 1.84. The molecule has 0 aliphatic rings. The number of allylic oxidation sites excluding steroid dienone is 1. The maximum absolute atomic E-state index is 9.62. The van der Waals surface area contributed by atoms with Crippen LogP contribution in [0.5, 0.6) is 0 Å². The molecule has 3 aromatic rings. The maximum atomic E-state index is 9.62. The first-order valence-corrected chi connectivity index (χ1v) is 9.54. The smallest absolute Gasteiger partial charge is 0.0998 e. The third kappa shape index (κ3) is 4.03. The van der Waals surface area contributed by atoms with Gasteiger partial charge in [-0.05, 0) is 67.4 Å². The van der Waals surface area contributed by atoms with Crippen LogP contribution < -0.4 is 0 Å². The Morgan fingerprint density at radius 3 is 2.11 bits per heavy atom. The van der Waals surface area contributed by atoms with Gasteiger partial charge in [0.1, 0.15) is 0 Å². The van der Waals surface area contributed by atoms with Crippen molar-refractivity contribution in [2.75, 3.05) is 0 Å². The van der Waals surface area contributed by atoms with Crippen molar-refractivity contribution in [2.24, 2.45) is 0 Å². The van der Waals surface area contributed by atoms with Crippen molar-refractivity contribution in [3.8, 4) is 11.8 Å². The summed E-state index contributed by atoms with van der Waals surface area (Å²) < 4.78 is 2.07. The maximum Gasteiger partial charge on any atom is 0.0998 e. The number of nitrogens with zero attached hydrogens (tertiary/aromatic N) is 2. The molecule has 2 nitrogen and oxygen atoms in total. The summed E-state index contributed by atoms with van der Waals surface area (Å²) in [6.45, 7) is 3.99. The summed E-state index contributed by atoms with van der Waals surface area (Å²) in [5, 5.41) is 11.5. The van der Waals surface area contributed by atoms with E-state index in [2.05, 4.69) is 10.6 Å². The van der Waals surface area contributed by atoms with Crippen LogP contribution in [0.4, 0.5) is 0 Å². The van der Waals surface area contributed by atoms with Gasteiger partial charge in [-0.15, -0.1) is 0 Å². The highest BCUT2D eigenvalue weighted by molar-refractivity contribution is 6.42. The predicted octanol–water partition coefficient (Wildman–Crippen LogP) is 7.77. The Morgan fingerprint density at radius 2 is 1.52 bits per heavy atom. The molecule has 0 radical (unpaired) electrons. The van der Waals surface area contributed by atoms with E-state index in [0.29, 0.717) is 31.2 Å². The molecule has 0 saturated heterocycles. The molecule has 0 atom stereocenters. The van der Waals surface area contributed by atoms with Crippen LogP contribution in [0.3, 0.4) is 0 Å². The van der Waals surface area contributed by atoms with Crippen molar-refractivity contribution < 1.29 is 0 Å². The van der Waals surface area contributed by atoms with Crippen LogP contribution in [-0.2, 0) is 0 Å². The molecular weight excluding hydrogens is 422 g/mol. The molecule has 2 aromatic carbocycles. The topological polar surface area (TPSA) is 28.7 Å². The normalized spacial score (nSPS) is 11.5. The standard InChI is InChI=1S/C21H14Cl4N2/c1-12-7-15(8-16(11-26)14-3-5-18(22)20(24)9-14)13(2)27(12)17-4-6-19(23)21(25)10-17/h3-10H,1-2H3/b16-8-. The lowest BCUT2D eigenvalue weighted by molar-refractivity contribution is 0.965. The van der Waals surface area contributed by atoms with Crippen molar-refractivity contribution in [3.63, 3.8) is 0 Å². The quantitative estimate of drug-likeness (QED) is 0.386. The SMILES string of the molecule is Cc1cc(/C=C(/C#N)c2ccc(Cl)c(Cl)c2)c(C)n1-c1ccc(Cl)c(Cl)c1. The Morgan fingerprint density at radius 1 is 0.889 bits per heavy atom. The first kappa shape index (κ1) is 19.9. The van der Waals surface area contributed by atoms with Gasteiger partial charge >= 0.3 is 0 Å². The molecule has 0 aliphatic carbocycles. The summed E-state index contributed by atoms with van der Waals surface area (Å²) in [6, 6.07) is 14.9. The largest absolute Gasteiger partial charge is 0.318 e. The van der Waals surface area contributed by atoms with Crippen LogP contribution in [-0.4, -0.2) is 4.57 Å². The summed E-state index contributed by atoms with van der Waals surface area (Å²) in [5.41, 5.74) is 5.06. The molecular formula is C21H14Cl4N2. The zero-order valence-corrected chi connectivity index (χ0v) is 17.5. The van der Waals surface area contributed by atoms with E-state index in [1.165, 1.54) is 0 Å². The molecule has 0 fully saturated rings. The molecule has 0 spiro atoms. The highest BCUT2D eigenvalue weighted by Crippen LogP contribution is 2.30. The van der Waals surface area contributed by atoms with Gasteiger partial charge < -0.3 is 4.57 Å². The van der Waals surface area contributed by atoms with Gasteiger partial charge in [-0.1, -0.05) is 52.5 Å². The van der Waals surface area contributed by atoms with E-state index in [1.54, 1.807) is 24.3 Å². The van der Waals surface area contributed by atoms with Gasteiger partial charge in [-0.2, -0.15) is 5.26 Å². The number of benzene rings is 2. The Bertz CT molecular complexity index is 1100. The van der Waals surface area contributed by atoms with E-state index >= 15 is 0 Å². The average molecular weight is 436 g/mol. The van der Waals surface area contributed by atoms with Gasteiger partial charge in [0.25, 0.3) is 0 Å². The number of hydrogen-bond acceptors (Lipinski definition) is 1. The Kier molecular flexibility index (Phi) is 5.89. The third-order valence-electron chi connectivity index (χ3n) is 4.28. The number of halogens is 4. The summed E-state index contributed by atoms with van der Waals surface area (Å²) in [4.78, 5) is 0. The molecule has 0 aliphatic heterocycles. The first-order valence-electron chi connectivity index (χ1n) is 8.03. The molecule has 0 unspecified atom stereocenters. The zero-order valence-electron chi connectivity index (χ0n) is 14.5. The van der Waals surface area contributed by atoms with Crippen LogP contribution in [0.25, 0.3) is 17.3 Å². The van der Waals surface area contributed by atoms with E-state index in [1.807, 2.05) is 38.1 Å². The molecule has 0 N–H and O–H groups in total. The highest BCUT2D eigenvalue weighted by atomic mass is 35.5. The van der Waals surface area contributed by atoms with Gasteiger partial charge in [0.2, 0.25) is 0 Å². The number of nitriles is 1. The van der Waals surface area contributed by atoms with Gasteiger partial charge in [0.05, 0.1) is 31.7 Å². The lowest BCUT2D eigenvalue weighted by Crippen LogP contribution is -1.99. The van der Waals surface area contributed by atoms with Crippen LogP contribution in [0.1, 0.15) is 22.5 Å². The minimum absolute atomic E-state index is 0.414. The van der Waals surface area contributed by atoms with Crippen molar-refractivity contribution in [1.82, 2.24) is 4.57 Å². The second kappa shape index (κ2) is 8.00. The van der Waals surface area contributed by atoms with Crippen LogP contribution in [0.15, 0.2) is 42.5 Å². The monoisotopic (exact) mass is 434 g/mol. The van der Waals surface area contributed by atoms with Crippen LogP contribution in [0, 0.1) is 25.2 Å². The average Bonchev–Trinajstić information content (AvgIpc) is 2.91. The second-order valence-corrected chi connectivity index (χ2v) is 7.69. The first-order chi connectivity index (χ1) is 12.8. The summed E-state index contributed by atoms with van der Waals surface area (Å²) >= 11 is 24.3. The molecule has 0 saturated carbocycles. The molecule has 3 rings (SSSR count). The van der Waals surface area contributed by atoms with E-state index in [-0.39, 0.29) is 0 Å². The number of rotatable bonds is 3.